The SMILES string of the molecule is CC(C)Cc1nc(C2CCCCC2)sc1CNC(C)C. The van der Waals surface area contributed by atoms with Gasteiger partial charge in [-0.2, -0.15) is 0 Å². The van der Waals surface area contributed by atoms with E-state index >= 15 is 0 Å². The highest BCUT2D eigenvalue weighted by atomic mass is 32.1. The number of hydrogen-bond donors (Lipinski definition) is 1. The normalized spacial score (nSPS) is 17.3. The van der Waals surface area contributed by atoms with Crippen LogP contribution in [0.5, 0.6) is 0 Å². The number of nitrogens with zero attached hydrogens (tertiary/aromatic N) is 1. The van der Waals surface area contributed by atoms with E-state index in [9.17, 15) is 0 Å². The van der Waals surface area contributed by atoms with Crippen molar-refractivity contribution in [1.82, 2.24) is 10.3 Å². The average molecular weight is 295 g/mol. The van der Waals surface area contributed by atoms with Gasteiger partial charge in [0.1, 0.15) is 0 Å². The van der Waals surface area contributed by atoms with Crippen LogP contribution in [0, 0.1) is 5.92 Å². The number of aromatic nitrogens is 1. The van der Waals surface area contributed by atoms with Crippen LogP contribution in [-0.4, -0.2) is 11.0 Å². The molecule has 1 aromatic heterocycles. The minimum Gasteiger partial charge on any atom is -0.310 e. The van der Waals surface area contributed by atoms with Crippen LogP contribution >= 0.6 is 11.3 Å². The molecule has 1 fully saturated rings. The first kappa shape index (κ1) is 16.0. The van der Waals surface area contributed by atoms with Crippen LogP contribution in [-0.2, 0) is 13.0 Å². The van der Waals surface area contributed by atoms with Gasteiger partial charge in [-0.15, -0.1) is 11.3 Å². The highest BCUT2D eigenvalue weighted by Gasteiger charge is 2.21. The summed E-state index contributed by atoms with van der Waals surface area (Å²) in [6.45, 7) is 10.00. The van der Waals surface area contributed by atoms with Crippen molar-refractivity contribution in [3.05, 3.63) is 15.6 Å². The second kappa shape index (κ2) is 7.56. The van der Waals surface area contributed by atoms with E-state index in [0.717, 1.165) is 18.9 Å². The predicted molar refractivity (Wildman–Crippen MR) is 88.5 cm³/mol. The Morgan fingerprint density at radius 1 is 1.15 bits per heavy atom. The monoisotopic (exact) mass is 294 g/mol. The molecule has 2 nitrogen and oxygen atoms in total. The number of hydrogen-bond acceptors (Lipinski definition) is 3. The Labute approximate surface area is 128 Å². The molecule has 1 saturated carbocycles. The molecule has 1 aliphatic rings. The van der Waals surface area contributed by atoms with Gasteiger partial charge in [0, 0.05) is 23.4 Å². The molecule has 2 rings (SSSR count). The highest BCUT2D eigenvalue weighted by Crippen LogP contribution is 2.36. The lowest BCUT2D eigenvalue weighted by Gasteiger charge is -2.19. The lowest BCUT2D eigenvalue weighted by molar-refractivity contribution is 0.441. The Morgan fingerprint density at radius 2 is 1.85 bits per heavy atom. The first-order valence-electron chi connectivity index (χ1n) is 8.28. The van der Waals surface area contributed by atoms with Crippen LogP contribution in [0.2, 0.25) is 0 Å². The van der Waals surface area contributed by atoms with Crippen molar-refractivity contribution in [2.45, 2.75) is 84.7 Å². The van der Waals surface area contributed by atoms with Gasteiger partial charge in [-0.25, -0.2) is 4.98 Å². The molecule has 20 heavy (non-hydrogen) atoms. The van der Waals surface area contributed by atoms with Gasteiger partial charge in [0.15, 0.2) is 0 Å². The van der Waals surface area contributed by atoms with Crippen molar-refractivity contribution in [2.24, 2.45) is 5.92 Å². The van der Waals surface area contributed by atoms with Crippen molar-refractivity contribution in [2.75, 3.05) is 0 Å². The van der Waals surface area contributed by atoms with Gasteiger partial charge >= 0.3 is 0 Å². The summed E-state index contributed by atoms with van der Waals surface area (Å²) >= 11 is 1.98. The van der Waals surface area contributed by atoms with E-state index in [-0.39, 0.29) is 0 Å². The van der Waals surface area contributed by atoms with Crippen molar-refractivity contribution in [3.8, 4) is 0 Å². The van der Waals surface area contributed by atoms with Crippen LogP contribution in [0.15, 0.2) is 0 Å². The maximum Gasteiger partial charge on any atom is 0.0962 e. The summed E-state index contributed by atoms with van der Waals surface area (Å²) in [5.41, 5.74) is 1.36. The van der Waals surface area contributed by atoms with Gasteiger partial charge in [-0.3, -0.25) is 0 Å². The Hall–Kier alpha value is -0.410. The van der Waals surface area contributed by atoms with E-state index in [1.807, 2.05) is 11.3 Å². The van der Waals surface area contributed by atoms with Crippen LogP contribution in [0.4, 0.5) is 0 Å². The molecule has 0 radical (unpaired) electrons. The van der Waals surface area contributed by atoms with Gasteiger partial charge in [0.2, 0.25) is 0 Å². The predicted octanol–water partition coefficient (Wildman–Crippen LogP) is 4.89. The summed E-state index contributed by atoms with van der Waals surface area (Å²) in [4.78, 5) is 6.51. The molecule has 1 aromatic rings. The van der Waals surface area contributed by atoms with Crippen molar-refractivity contribution in [3.63, 3.8) is 0 Å². The Bertz CT molecular complexity index is 403. The van der Waals surface area contributed by atoms with Crippen LogP contribution in [0.1, 0.15) is 81.3 Å². The molecule has 3 heteroatoms. The summed E-state index contributed by atoms with van der Waals surface area (Å²) in [7, 11) is 0. The molecule has 0 unspecified atom stereocenters. The Kier molecular flexibility index (Phi) is 6.03. The van der Waals surface area contributed by atoms with Crippen LogP contribution < -0.4 is 5.32 Å². The second-order valence-corrected chi connectivity index (χ2v) is 8.01. The first-order valence-corrected chi connectivity index (χ1v) is 9.09. The lowest BCUT2D eigenvalue weighted by atomic mass is 9.90. The number of nitrogens with one attached hydrogen (secondary N) is 1. The fourth-order valence-electron chi connectivity index (χ4n) is 2.91. The number of rotatable bonds is 6. The Morgan fingerprint density at radius 3 is 2.45 bits per heavy atom. The largest absolute Gasteiger partial charge is 0.310 e. The Balaban J connectivity index is 2.12. The maximum atomic E-state index is 5.03. The van der Waals surface area contributed by atoms with Gasteiger partial charge in [0.25, 0.3) is 0 Å². The van der Waals surface area contributed by atoms with Gasteiger partial charge in [0.05, 0.1) is 10.7 Å². The lowest BCUT2D eigenvalue weighted by Crippen LogP contribution is -2.22. The standard InChI is InChI=1S/C17H30N2S/c1-12(2)10-15-16(11-18-13(3)4)20-17(19-15)14-8-6-5-7-9-14/h12-14,18H,5-11H2,1-4H3. The van der Waals surface area contributed by atoms with E-state index in [0.29, 0.717) is 12.0 Å². The molecule has 0 saturated heterocycles. The zero-order valence-corrected chi connectivity index (χ0v) is 14.4. The fourth-order valence-corrected chi connectivity index (χ4v) is 4.12. The fraction of sp³-hybridized carbons (Fsp3) is 0.824. The molecule has 0 amide bonds. The van der Waals surface area contributed by atoms with Gasteiger partial charge < -0.3 is 5.32 Å². The summed E-state index contributed by atoms with van der Waals surface area (Å²) in [5, 5.41) is 4.98. The molecule has 0 aromatic carbocycles. The third-order valence-electron chi connectivity index (χ3n) is 4.02. The van der Waals surface area contributed by atoms with E-state index in [2.05, 4.69) is 33.0 Å². The van der Waals surface area contributed by atoms with Crippen molar-refractivity contribution < 1.29 is 0 Å². The topological polar surface area (TPSA) is 24.9 Å². The third kappa shape index (κ3) is 4.56. The molecule has 0 bridgehead atoms. The summed E-state index contributed by atoms with van der Waals surface area (Å²) < 4.78 is 0. The van der Waals surface area contributed by atoms with Crippen LogP contribution in [0.3, 0.4) is 0 Å². The average Bonchev–Trinajstić information content (AvgIpc) is 2.80. The quantitative estimate of drug-likeness (QED) is 0.808. The number of thiazole rings is 1. The van der Waals surface area contributed by atoms with E-state index in [1.54, 1.807) is 0 Å². The second-order valence-electron chi connectivity index (χ2n) is 6.89. The maximum absolute atomic E-state index is 5.03. The van der Waals surface area contributed by atoms with E-state index < -0.39 is 0 Å². The van der Waals surface area contributed by atoms with Gasteiger partial charge in [-0.1, -0.05) is 47.0 Å². The smallest absolute Gasteiger partial charge is 0.0962 e. The van der Waals surface area contributed by atoms with E-state index in [1.165, 1.54) is 47.7 Å². The zero-order valence-electron chi connectivity index (χ0n) is 13.5. The molecular weight excluding hydrogens is 264 g/mol. The van der Waals surface area contributed by atoms with Crippen molar-refractivity contribution >= 4 is 11.3 Å². The zero-order chi connectivity index (χ0) is 14.5. The summed E-state index contributed by atoms with van der Waals surface area (Å²) in [6, 6.07) is 0.544. The molecule has 0 spiro atoms. The molecule has 0 aliphatic heterocycles. The van der Waals surface area contributed by atoms with Crippen LogP contribution in [0.25, 0.3) is 0 Å². The molecule has 1 N–H and O–H groups in total. The minimum absolute atomic E-state index is 0.544. The van der Waals surface area contributed by atoms with E-state index in [4.69, 9.17) is 4.98 Å². The third-order valence-corrected chi connectivity index (χ3v) is 5.28. The molecule has 0 atom stereocenters. The summed E-state index contributed by atoms with van der Waals surface area (Å²) in [6.07, 6.45) is 8.03. The van der Waals surface area contributed by atoms with Crippen molar-refractivity contribution in [1.29, 1.82) is 0 Å². The highest BCUT2D eigenvalue weighted by molar-refractivity contribution is 7.11. The van der Waals surface area contributed by atoms with Gasteiger partial charge in [-0.05, 0) is 25.2 Å². The first-order chi connectivity index (χ1) is 9.56. The molecule has 1 aliphatic carbocycles. The molecular formula is C17H30N2S. The molecule has 1 heterocycles. The summed E-state index contributed by atoms with van der Waals surface area (Å²) in [5.74, 6) is 1.43. The minimum atomic E-state index is 0.544. The molecule has 114 valence electrons.